The molecule has 4 rings (SSSR count). The van der Waals surface area contributed by atoms with E-state index in [0.29, 0.717) is 5.82 Å². The first-order chi connectivity index (χ1) is 11.4. The highest BCUT2D eigenvalue weighted by Crippen LogP contribution is 2.52. The van der Waals surface area contributed by atoms with E-state index >= 15 is 0 Å². The Kier molecular flexibility index (Phi) is 3.30. The van der Waals surface area contributed by atoms with Crippen molar-refractivity contribution in [3.63, 3.8) is 0 Å². The molecule has 1 aliphatic carbocycles. The van der Waals surface area contributed by atoms with Crippen molar-refractivity contribution in [2.24, 2.45) is 0 Å². The van der Waals surface area contributed by atoms with Crippen LogP contribution in [0.25, 0.3) is 0 Å². The molecule has 2 aromatic rings. The molecular formula is C14H17F2N7O. The second-order valence-electron chi connectivity index (χ2n) is 6.22. The van der Waals surface area contributed by atoms with E-state index in [2.05, 4.69) is 25.7 Å². The number of anilines is 2. The molecule has 2 N–H and O–H groups in total. The normalized spacial score (nSPS) is 22.0. The number of hydrogen-bond acceptors (Lipinski definition) is 4. The van der Waals surface area contributed by atoms with Crippen molar-refractivity contribution in [3.8, 4) is 0 Å². The van der Waals surface area contributed by atoms with Gasteiger partial charge < -0.3 is 0 Å². The van der Waals surface area contributed by atoms with Crippen molar-refractivity contribution in [3.05, 3.63) is 24.0 Å². The molecule has 10 heteroatoms. The summed E-state index contributed by atoms with van der Waals surface area (Å²) in [5.74, 6) is -2.03. The number of nitrogens with zero attached hydrogens (tertiary/aromatic N) is 5. The lowest BCUT2D eigenvalue weighted by Crippen LogP contribution is -2.30. The molecule has 0 aromatic carbocycles. The van der Waals surface area contributed by atoms with Crippen LogP contribution in [0.4, 0.5) is 25.2 Å². The maximum absolute atomic E-state index is 13.0. The van der Waals surface area contributed by atoms with E-state index < -0.39 is 18.0 Å². The molecule has 3 heterocycles. The number of aromatic nitrogens is 4. The number of nitrogens with one attached hydrogen (secondary N) is 2. The monoisotopic (exact) mass is 337 g/mol. The smallest absolute Gasteiger partial charge is 0.299 e. The van der Waals surface area contributed by atoms with Gasteiger partial charge in [0.15, 0.2) is 11.6 Å². The first-order valence-electron chi connectivity index (χ1n) is 7.67. The maximum Gasteiger partial charge on any atom is 0.326 e. The third-order valence-electron chi connectivity index (χ3n) is 4.19. The van der Waals surface area contributed by atoms with Gasteiger partial charge in [0.1, 0.15) is 6.04 Å². The van der Waals surface area contributed by atoms with Gasteiger partial charge in [0.2, 0.25) is 0 Å². The van der Waals surface area contributed by atoms with Gasteiger partial charge >= 0.3 is 6.03 Å². The van der Waals surface area contributed by atoms with Gasteiger partial charge in [0.25, 0.3) is 5.92 Å². The summed E-state index contributed by atoms with van der Waals surface area (Å²) in [6.45, 7) is 2.45. The van der Waals surface area contributed by atoms with Crippen LogP contribution in [0.3, 0.4) is 0 Å². The number of hydrogen-bond donors (Lipinski definition) is 2. The average Bonchev–Trinajstić information content (AvgIpc) is 2.88. The zero-order valence-electron chi connectivity index (χ0n) is 13.0. The summed E-state index contributed by atoms with van der Waals surface area (Å²) < 4.78 is 29.1. The Morgan fingerprint density at radius 3 is 2.79 bits per heavy atom. The number of rotatable bonds is 3. The molecule has 2 amide bonds. The predicted octanol–water partition coefficient (Wildman–Crippen LogP) is 1.75. The van der Waals surface area contributed by atoms with Crippen LogP contribution in [-0.2, 0) is 13.1 Å². The van der Waals surface area contributed by atoms with Crippen molar-refractivity contribution < 1.29 is 13.6 Å². The molecule has 1 atom stereocenters. The maximum atomic E-state index is 13.0. The number of halogens is 2. The van der Waals surface area contributed by atoms with E-state index in [9.17, 15) is 13.6 Å². The van der Waals surface area contributed by atoms with Crippen LogP contribution in [0.1, 0.15) is 18.2 Å². The first kappa shape index (κ1) is 15.1. The lowest BCUT2D eigenvalue weighted by atomic mass is 10.3. The van der Waals surface area contributed by atoms with E-state index in [-0.39, 0.29) is 12.2 Å². The molecule has 24 heavy (non-hydrogen) atoms. The minimum absolute atomic E-state index is 0.213. The second kappa shape index (κ2) is 5.26. The van der Waals surface area contributed by atoms with Crippen LogP contribution in [-0.4, -0.2) is 50.0 Å². The number of fused-ring (bicyclic) bond motifs is 1. The van der Waals surface area contributed by atoms with Crippen molar-refractivity contribution in [2.45, 2.75) is 31.5 Å². The van der Waals surface area contributed by atoms with Gasteiger partial charge in [-0.05, 0) is 7.05 Å². The Hall–Kier alpha value is -2.49. The van der Waals surface area contributed by atoms with E-state index in [1.165, 1.54) is 16.9 Å². The van der Waals surface area contributed by atoms with Crippen LogP contribution in [0, 0.1) is 0 Å². The summed E-state index contributed by atoms with van der Waals surface area (Å²) in [5.41, 5.74) is 1.03. The van der Waals surface area contributed by atoms with E-state index in [4.69, 9.17) is 0 Å². The Morgan fingerprint density at radius 1 is 1.29 bits per heavy atom. The fraction of sp³-hybridized carbons (Fsp3) is 0.500. The lowest BCUT2D eigenvalue weighted by Gasteiger charge is -2.22. The molecule has 1 saturated carbocycles. The molecule has 0 radical (unpaired) electrons. The molecule has 1 aliphatic heterocycles. The fourth-order valence-electron chi connectivity index (χ4n) is 2.79. The van der Waals surface area contributed by atoms with Gasteiger partial charge in [-0.2, -0.15) is 10.2 Å². The third kappa shape index (κ3) is 2.84. The van der Waals surface area contributed by atoms with Crippen molar-refractivity contribution in [2.75, 3.05) is 24.2 Å². The number of likely N-dealkylation sites (N-methyl/N-ethyl adjacent to an activating group) is 1. The summed E-state index contributed by atoms with van der Waals surface area (Å²) in [7, 11) is 2.02. The van der Waals surface area contributed by atoms with Gasteiger partial charge in [0.05, 0.1) is 12.2 Å². The predicted molar refractivity (Wildman–Crippen MR) is 82.0 cm³/mol. The van der Waals surface area contributed by atoms with Gasteiger partial charge in [-0.25, -0.2) is 13.6 Å². The third-order valence-corrected chi connectivity index (χ3v) is 4.19. The molecule has 8 nitrogen and oxygen atoms in total. The highest BCUT2D eigenvalue weighted by Gasteiger charge is 2.59. The number of amides is 2. The Morgan fingerprint density at radius 2 is 2.04 bits per heavy atom. The number of alkyl halides is 2. The van der Waals surface area contributed by atoms with E-state index in [1.54, 1.807) is 0 Å². The fourth-order valence-corrected chi connectivity index (χ4v) is 2.79. The molecule has 0 saturated heterocycles. The average molecular weight is 337 g/mol. The molecule has 2 aromatic heterocycles. The van der Waals surface area contributed by atoms with Crippen molar-refractivity contribution >= 4 is 17.7 Å². The summed E-state index contributed by atoms with van der Waals surface area (Å²) >= 11 is 0. The quantitative estimate of drug-likeness (QED) is 0.894. The topological polar surface area (TPSA) is 80.0 Å². The van der Waals surface area contributed by atoms with Crippen LogP contribution in [0.5, 0.6) is 0 Å². The van der Waals surface area contributed by atoms with Crippen molar-refractivity contribution in [1.29, 1.82) is 0 Å². The summed E-state index contributed by atoms with van der Waals surface area (Å²) in [6.07, 6.45) is 1.22. The number of carbonyl (C=O) groups excluding carboxylic acids is 1. The zero-order valence-corrected chi connectivity index (χ0v) is 13.0. The van der Waals surface area contributed by atoms with Crippen LogP contribution in [0.2, 0.25) is 0 Å². The zero-order chi connectivity index (χ0) is 16.9. The minimum Gasteiger partial charge on any atom is -0.299 e. The molecule has 0 spiro atoms. The molecular weight excluding hydrogens is 320 g/mol. The van der Waals surface area contributed by atoms with Crippen molar-refractivity contribution in [1.82, 2.24) is 24.5 Å². The molecule has 128 valence electrons. The Bertz CT molecular complexity index is 784. The van der Waals surface area contributed by atoms with Crippen LogP contribution in [0.15, 0.2) is 18.3 Å². The van der Waals surface area contributed by atoms with E-state index in [0.717, 1.165) is 25.3 Å². The van der Waals surface area contributed by atoms with Crippen LogP contribution < -0.4 is 10.6 Å². The molecule has 1 unspecified atom stereocenters. The van der Waals surface area contributed by atoms with E-state index in [1.807, 2.05) is 17.8 Å². The van der Waals surface area contributed by atoms with Gasteiger partial charge in [-0.1, -0.05) is 0 Å². The Balaban J connectivity index is 1.37. The minimum atomic E-state index is -2.70. The highest BCUT2D eigenvalue weighted by molar-refractivity contribution is 5.98. The molecule has 1 fully saturated rings. The Labute approximate surface area is 136 Å². The van der Waals surface area contributed by atoms with Gasteiger partial charge in [0, 0.05) is 37.8 Å². The summed E-state index contributed by atoms with van der Waals surface area (Å²) in [4.78, 5) is 14.2. The van der Waals surface area contributed by atoms with Gasteiger partial charge in [-0.15, -0.1) is 0 Å². The highest BCUT2D eigenvalue weighted by atomic mass is 19.3. The largest absolute Gasteiger partial charge is 0.326 e. The number of urea groups is 1. The summed E-state index contributed by atoms with van der Waals surface area (Å²) in [6, 6.07) is 1.89. The number of carbonyl (C=O) groups is 1. The summed E-state index contributed by atoms with van der Waals surface area (Å²) in [5, 5.41) is 13.4. The molecule has 2 aliphatic rings. The standard InChI is InChI=1S/C14H17F2N7O/c1-21-4-5-22-9(8-21)6-12(20-22)18-13(24)17-11-2-3-23(19-11)10-7-14(10,15)16/h2-3,6,10H,4-5,7-8H2,1H3,(H2,17,18,19,20,24). The first-order valence-corrected chi connectivity index (χ1v) is 7.67. The SMILES string of the molecule is CN1CCn2nc(NC(=O)Nc3ccn(C4CC4(F)F)n3)cc2C1. The molecule has 0 bridgehead atoms. The second-order valence-corrected chi connectivity index (χ2v) is 6.22. The van der Waals surface area contributed by atoms with Gasteiger partial charge in [-0.3, -0.25) is 24.9 Å². The van der Waals surface area contributed by atoms with Crippen LogP contribution >= 0.6 is 0 Å². The lowest BCUT2D eigenvalue weighted by molar-refractivity contribution is 0.0984.